The molecule has 2 aromatic heterocycles. The first-order chi connectivity index (χ1) is 15.7. The maximum atomic E-state index is 6.31. The Morgan fingerprint density at radius 3 is 2.53 bits per heavy atom. The van der Waals surface area contributed by atoms with Gasteiger partial charge in [0.1, 0.15) is 5.58 Å². The molecule has 6 rings (SSSR count). The number of aromatic nitrogens is 2. The van der Waals surface area contributed by atoms with Gasteiger partial charge in [-0.2, -0.15) is 5.10 Å². The van der Waals surface area contributed by atoms with Gasteiger partial charge in [0.15, 0.2) is 5.58 Å². The van der Waals surface area contributed by atoms with E-state index in [1.807, 2.05) is 24.0 Å². The van der Waals surface area contributed by atoms with Crippen molar-refractivity contribution < 1.29 is 4.42 Å². The molecule has 0 saturated heterocycles. The molecule has 0 radical (unpaired) electrons. The van der Waals surface area contributed by atoms with Gasteiger partial charge in [0.05, 0.1) is 17.4 Å². The summed E-state index contributed by atoms with van der Waals surface area (Å²) in [7, 11) is 1.98. The highest BCUT2D eigenvalue weighted by molar-refractivity contribution is 6.10. The average Bonchev–Trinajstić information content (AvgIpc) is 3.40. The van der Waals surface area contributed by atoms with Crippen molar-refractivity contribution >= 4 is 38.5 Å². The number of fused-ring (bicyclic) bond motifs is 4. The van der Waals surface area contributed by atoms with Crippen LogP contribution in [0.5, 0.6) is 0 Å². The van der Waals surface area contributed by atoms with Crippen LogP contribution in [0, 0.1) is 0 Å². The van der Waals surface area contributed by atoms with Crippen LogP contribution in [0.25, 0.3) is 44.0 Å². The lowest BCUT2D eigenvalue weighted by Gasteiger charge is -2.15. The number of hydrogen-bond donors (Lipinski definition) is 1. The van der Waals surface area contributed by atoms with Crippen LogP contribution >= 0.6 is 0 Å². The highest BCUT2D eigenvalue weighted by atomic mass is 16.3. The van der Waals surface area contributed by atoms with Crippen molar-refractivity contribution in [3.8, 4) is 11.1 Å². The lowest BCUT2D eigenvalue weighted by molar-refractivity contribution is 0.668. The van der Waals surface area contributed by atoms with E-state index in [0.717, 1.165) is 38.5 Å². The molecule has 0 bridgehead atoms. The van der Waals surface area contributed by atoms with Crippen LogP contribution in [0.2, 0.25) is 0 Å². The first-order valence-corrected chi connectivity index (χ1v) is 10.9. The van der Waals surface area contributed by atoms with E-state index in [2.05, 4.69) is 96.2 Å². The predicted molar refractivity (Wildman–Crippen MR) is 132 cm³/mol. The van der Waals surface area contributed by atoms with Crippen molar-refractivity contribution in [1.82, 2.24) is 9.78 Å². The molecule has 0 saturated carbocycles. The maximum absolute atomic E-state index is 6.31. The molecule has 4 heteroatoms. The second-order valence-corrected chi connectivity index (χ2v) is 8.31. The largest absolute Gasteiger partial charge is 0.454 e. The van der Waals surface area contributed by atoms with Crippen LogP contribution in [0.3, 0.4) is 0 Å². The molecule has 0 fully saturated rings. The Kier molecular flexibility index (Phi) is 4.25. The SMILES string of the molecule is CC(Nc1cccc2c1oc1ccc(-c3ccc4cnn(C)c4c3)cc12)c1ccccc1. The molecule has 0 aliphatic heterocycles. The van der Waals surface area contributed by atoms with E-state index < -0.39 is 0 Å². The fraction of sp³-hybridized carbons (Fsp3) is 0.107. The number of nitrogens with one attached hydrogen (secondary N) is 1. The number of para-hydroxylation sites is 1. The molecule has 156 valence electrons. The summed E-state index contributed by atoms with van der Waals surface area (Å²) in [5, 5.41) is 11.4. The number of aryl methyl sites for hydroxylation is 1. The lowest BCUT2D eigenvalue weighted by Crippen LogP contribution is -2.06. The van der Waals surface area contributed by atoms with E-state index >= 15 is 0 Å². The van der Waals surface area contributed by atoms with Gasteiger partial charge < -0.3 is 9.73 Å². The molecule has 1 atom stereocenters. The third-order valence-corrected chi connectivity index (χ3v) is 6.25. The second kappa shape index (κ2) is 7.27. The van der Waals surface area contributed by atoms with Crippen LogP contribution in [0.4, 0.5) is 5.69 Å². The van der Waals surface area contributed by atoms with Gasteiger partial charge in [0.25, 0.3) is 0 Å². The van der Waals surface area contributed by atoms with E-state index in [-0.39, 0.29) is 6.04 Å². The summed E-state index contributed by atoms with van der Waals surface area (Å²) in [6.07, 6.45) is 1.90. The fourth-order valence-electron chi connectivity index (χ4n) is 4.47. The van der Waals surface area contributed by atoms with E-state index in [1.165, 1.54) is 16.7 Å². The first kappa shape index (κ1) is 18.7. The highest BCUT2D eigenvalue weighted by Crippen LogP contribution is 2.37. The van der Waals surface area contributed by atoms with Crippen molar-refractivity contribution in [2.24, 2.45) is 7.05 Å². The standard InChI is InChI=1S/C28H23N3O/c1-18(19-7-4-3-5-8-19)30-25-10-6-9-23-24-15-20(13-14-27(24)32-28(23)25)21-11-12-22-17-29-31(2)26(22)16-21/h3-18,30H,1-2H3. The zero-order valence-electron chi connectivity index (χ0n) is 18.0. The van der Waals surface area contributed by atoms with Crippen molar-refractivity contribution in [1.29, 1.82) is 0 Å². The third kappa shape index (κ3) is 3.04. The molecule has 2 heterocycles. The Balaban J connectivity index is 1.43. The van der Waals surface area contributed by atoms with Gasteiger partial charge in [-0.1, -0.05) is 60.7 Å². The van der Waals surface area contributed by atoms with Crippen LogP contribution in [0.15, 0.2) is 95.5 Å². The number of nitrogens with zero attached hydrogens (tertiary/aromatic N) is 2. The second-order valence-electron chi connectivity index (χ2n) is 8.31. The minimum atomic E-state index is 0.177. The molecule has 0 spiro atoms. The zero-order valence-corrected chi connectivity index (χ0v) is 18.0. The highest BCUT2D eigenvalue weighted by Gasteiger charge is 2.14. The van der Waals surface area contributed by atoms with Crippen molar-refractivity contribution in [3.63, 3.8) is 0 Å². The molecule has 0 aliphatic rings. The van der Waals surface area contributed by atoms with E-state index in [4.69, 9.17) is 4.42 Å². The van der Waals surface area contributed by atoms with Gasteiger partial charge in [-0.05, 0) is 47.9 Å². The number of anilines is 1. The monoisotopic (exact) mass is 417 g/mol. The molecular weight excluding hydrogens is 394 g/mol. The van der Waals surface area contributed by atoms with Crippen LogP contribution in [-0.4, -0.2) is 9.78 Å². The molecule has 0 aliphatic carbocycles. The maximum Gasteiger partial charge on any atom is 0.158 e. The van der Waals surface area contributed by atoms with E-state index in [9.17, 15) is 0 Å². The van der Waals surface area contributed by atoms with Crippen molar-refractivity contribution in [3.05, 3.63) is 96.7 Å². The average molecular weight is 418 g/mol. The van der Waals surface area contributed by atoms with Gasteiger partial charge in [0, 0.05) is 29.2 Å². The summed E-state index contributed by atoms with van der Waals surface area (Å²) >= 11 is 0. The van der Waals surface area contributed by atoms with Crippen molar-refractivity contribution in [2.75, 3.05) is 5.32 Å². The van der Waals surface area contributed by atoms with Gasteiger partial charge in [0.2, 0.25) is 0 Å². The Morgan fingerprint density at radius 1 is 0.844 bits per heavy atom. The van der Waals surface area contributed by atoms with E-state index in [1.54, 1.807) is 0 Å². The number of rotatable bonds is 4. The van der Waals surface area contributed by atoms with Crippen LogP contribution < -0.4 is 5.32 Å². The van der Waals surface area contributed by atoms with Crippen LogP contribution in [0.1, 0.15) is 18.5 Å². The third-order valence-electron chi connectivity index (χ3n) is 6.25. The Bertz CT molecular complexity index is 1580. The molecule has 0 amide bonds. The molecule has 4 nitrogen and oxygen atoms in total. The summed E-state index contributed by atoms with van der Waals surface area (Å²) in [4.78, 5) is 0. The molecule has 32 heavy (non-hydrogen) atoms. The first-order valence-electron chi connectivity index (χ1n) is 10.9. The van der Waals surface area contributed by atoms with Gasteiger partial charge >= 0.3 is 0 Å². The van der Waals surface area contributed by atoms with Gasteiger partial charge in [-0.3, -0.25) is 4.68 Å². The summed E-state index contributed by atoms with van der Waals surface area (Å²) in [5.74, 6) is 0. The summed E-state index contributed by atoms with van der Waals surface area (Å²) in [6.45, 7) is 2.17. The Morgan fingerprint density at radius 2 is 1.66 bits per heavy atom. The molecular formula is C28H23N3O. The predicted octanol–water partition coefficient (Wildman–Crippen LogP) is 7.31. The lowest BCUT2D eigenvalue weighted by atomic mass is 10.0. The van der Waals surface area contributed by atoms with Crippen LogP contribution in [-0.2, 0) is 7.05 Å². The summed E-state index contributed by atoms with van der Waals surface area (Å²) in [5.41, 5.74) is 7.50. The molecule has 6 aromatic rings. The smallest absolute Gasteiger partial charge is 0.158 e. The summed E-state index contributed by atoms with van der Waals surface area (Å²) < 4.78 is 8.22. The molecule has 1 unspecified atom stereocenters. The number of hydrogen-bond acceptors (Lipinski definition) is 3. The molecule has 1 N–H and O–H groups in total. The quantitative estimate of drug-likeness (QED) is 0.327. The van der Waals surface area contributed by atoms with Gasteiger partial charge in [-0.15, -0.1) is 0 Å². The van der Waals surface area contributed by atoms with Crippen molar-refractivity contribution in [2.45, 2.75) is 13.0 Å². The number of furan rings is 1. The molecule has 4 aromatic carbocycles. The minimum Gasteiger partial charge on any atom is -0.454 e. The Hall–Kier alpha value is -4.05. The van der Waals surface area contributed by atoms with E-state index in [0.29, 0.717) is 0 Å². The van der Waals surface area contributed by atoms with Gasteiger partial charge in [-0.25, -0.2) is 0 Å². The summed E-state index contributed by atoms with van der Waals surface area (Å²) in [6, 6.07) is 29.8. The minimum absolute atomic E-state index is 0.177. The topological polar surface area (TPSA) is 43.0 Å². The Labute approximate surface area is 186 Å². The number of benzene rings is 4. The zero-order chi connectivity index (χ0) is 21.7. The normalized spacial score (nSPS) is 12.6. The fourth-order valence-corrected chi connectivity index (χ4v) is 4.47.